The summed E-state index contributed by atoms with van der Waals surface area (Å²) in [5, 5.41) is 17.6. The van der Waals surface area contributed by atoms with E-state index in [4.69, 9.17) is 14.7 Å². The van der Waals surface area contributed by atoms with Crippen LogP contribution in [0.2, 0.25) is 0 Å². The molecule has 0 saturated carbocycles. The molecule has 0 aliphatic rings. The summed E-state index contributed by atoms with van der Waals surface area (Å²) >= 11 is 0. The number of ether oxygens (including phenoxy) is 1. The summed E-state index contributed by atoms with van der Waals surface area (Å²) in [5.74, 6) is -0.00890. The van der Waals surface area contributed by atoms with E-state index in [-0.39, 0.29) is 0 Å². The minimum atomic E-state index is -1.31. The lowest BCUT2D eigenvalue weighted by atomic mass is 9.70. The van der Waals surface area contributed by atoms with E-state index in [0.717, 1.165) is 60.4 Å². The lowest BCUT2D eigenvalue weighted by Crippen LogP contribution is -2.38. The fourth-order valence-electron chi connectivity index (χ4n) is 6.82. The lowest BCUT2D eigenvalue weighted by molar-refractivity contribution is 0.00517. The molecule has 228 valence electrons. The van der Waals surface area contributed by atoms with Crippen molar-refractivity contribution in [2.24, 2.45) is 0 Å². The van der Waals surface area contributed by atoms with E-state index < -0.39 is 11.5 Å². The highest BCUT2D eigenvalue weighted by Gasteiger charge is 2.43. The third kappa shape index (κ3) is 5.38. The van der Waals surface area contributed by atoms with Gasteiger partial charge in [0.2, 0.25) is 5.88 Å². The van der Waals surface area contributed by atoms with E-state index >= 15 is 0 Å². The number of pyridine rings is 2. The van der Waals surface area contributed by atoms with E-state index in [9.17, 15) is 5.11 Å². The molecule has 2 heterocycles. The molecule has 7 rings (SSSR count). The van der Waals surface area contributed by atoms with Gasteiger partial charge in [0.1, 0.15) is 5.60 Å². The van der Waals surface area contributed by atoms with Gasteiger partial charge < -0.3 is 14.7 Å². The first-order valence-electron chi connectivity index (χ1n) is 15.7. The van der Waals surface area contributed by atoms with Crippen LogP contribution in [0.25, 0.3) is 43.7 Å². The lowest BCUT2D eigenvalue weighted by Gasteiger charge is -2.39. The summed E-state index contributed by atoms with van der Waals surface area (Å²) in [6.07, 6.45) is 2.34. The second-order valence-electron chi connectivity index (χ2n) is 12.2. The summed E-state index contributed by atoms with van der Waals surface area (Å²) in [7, 11) is 5.73. The summed E-state index contributed by atoms with van der Waals surface area (Å²) in [5.41, 5.74) is 5.12. The van der Waals surface area contributed by atoms with Crippen LogP contribution in [-0.2, 0) is 5.60 Å². The van der Waals surface area contributed by atoms with Gasteiger partial charge in [-0.15, -0.1) is 0 Å². The van der Waals surface area contributed by atoms with Gasteiger partial charge in [0.25, 0.3) is 0 Å². The molecule has 5 nitrogen and oxygen atoms in total. The van der Waals surface area contributed by atoms with Crippen LogP contribution in [0.15, 0.2) is 134 Å². The maximum Gasteiger partial charge on any atom is 0.217 e. The van der Waals surface area contributed by atoms with Crippen molar-refractivity contribution >= 4 is 32.6 Å². The average Bonchev–Trinajstić information content (AvgIpc) is 3.10. The summed E-state index contributed by atoms with van der Waals surface area (Å²) < 4.78 is 5.98. The molecule has 2 aromatic heterocycles. The SMILES string of the molecule is COc1ncc(-c2cccc3cc4ccccc4nc23)cc1C(c1ccccc1)C(O)(CCN(C)C)c1cccc2ccccc12. The Labute approximate surface area is 269 Å². The Kier molecular flexibility index (Phi) is 7.95. The van der Waals surface area contributed by atoms with Gasteiger partial charge in [-0.2, -0.15) is 0 Å². The Hall–Kier alpha value is -5.10. The smallest absolute Gasteiger partial charge is 0.217 e. The Balaban J connectivity index is 1.50. The number of nitrogens with zero attached hydrogens (tertiary/aromatic N) is 3. The van der Waals surface area contributed by atoms with Crippen molar-refractivity contribution in [3.63, 3.8) is 0 Å². The molecule has 7 aromatic rings. The minimum absolute atomic E-state index is 0.486. The molecular weight excluding hydrogens is 566 g/mol. The average molecular weight is 604 g/mol. The fraction of sp³-hybridized carbons (Fsp3) is 0.171. The van der Waals surface area contributed by atoms with Crippen molar-refractivity contribution in [2.45, 2.75) is 17.9 Å². The number of fused-ring (bicyclic) bond motifs is 3. The van der Waals surface area contributed by atoms with Crippen LogP contribution in [0, 0.1) is 0 Å². The molecule has 0 amide bonds. The predicted octanol–water partition coefficient (Wildman–Crippen LogP) is 8.58. The molecule has 46 heavy (non-hydrogen) atoms. The van der Waals surface area contributed by atoms with Crippen LogP contribution in [-0.4, -0.2) is 47.7 Å². The third-order valence-corrected chi connectivity index (χ3v) is 9.05. The van der Waals surface area contributed by atoms with Gasteiger partial charge >= 0.3 is 0 Å². The predicted molar refractivity (Wildman–Crippen MR) is 188 cm³/mol. The van der Waals surface area contributed by atoms with Gasteiger partial charge in [-0.3, -0.25) is 0 Å². The van der Waals surface area contributed by atoms with E-state index in [0.29, 0.717) is 18.8 Å². The van der Waals surface area contributed by atoms with Crippen molar-refractivity contribution in [1.29, 1.82) is 0 Å². The van der Waals surface area contributed by atoms with E-state index in [2.05, 4.69) is 77.7 Å². The first-order chi connectivity index (χ1) is 22.5. The number of rotatable bonds is 9. The third-order valence-electron chi connectivity index (χ3n) is 9.05. The Morgan fingerprint density at radius 1 is 0.761 bits per heavy atom. The number of hydrogen-bond donors (Lipinski definition) is 1. The molecule has 0 radical (unpaired) electrons. The van der Waals surface area contributed by atoms with Crippen LogP contribution in [0.1, 0.15) is 29.0 Å². The molecule has 0 spiro atoms. The molecule has 0 saturated heterocycles. The van der Waals surface area contributed by atoms with Crippen molar-refractivity contribution < 1.29 is 9.84 Å². The molecule has 0 bridgehead atoms. The minimum Gasteiger partial charge on any atom is -0.481 e. The van der Waals surface area contributed by atoms with Gasteiger partial charge in [0.05, 0.1) is 18.1 Å². The number of aromatic nitrogens is 2. The van der Waals surface area contributed by atoms with Crippen LogP contribution in [0.4, 0.5) is 0 Å². The van der Waals surface area contributed by atoms with Crippen molar-refractivity contribution in [1.82, 2.24) is 14.9 Å². The zero-order valence-electron chi connectivity index (χ0n) is 26.4. The zero-order valence-corrected chi connectivity index (χ0v) is 26.4. The van der Waals surface area contributed by atoms with Gasteiger partial charge in [-0.05, 0) is 60.6 Å². The van der Waals surface area contributed by atoms with Crippen molar-refractivity contribution in [2.75, 3.05) is 27.7 Å². The van der Waals surface area contributed by atoms with Crippen molar-refractivity contribution in [3.8, 4) is 17.0 Å². The number of hydrogen-bond acceptors (Lipinski definition) is 5. The monoisotopic (exact) mass is 603 g/mol. The Morgan fingerprint density at radius 2 is 1.46 bits per heavy atom. The second-order valence-corrected chi connectivity index (χ2v) is 12.2. The van der Waals surface area contributed by atoms with Crippen molar-refractivity contribution in [3.05, 3.63) is 150 Å². The first-order valence-corrected chi connectivity index (χ1v) is 15.7. The highest BCUT2D eigenvalue weighted by atomic mass is 16.5. The second kappa shape index (κ2) is 12.4. The van der Waals surface area contributed by atoms with Gasteiger partial charge in [0.15, 0.2) is 0 Å². The molecular formula is C41H37N3O2. The molecule has 0 aliphatic heterocycles. The maximum atomic E-state index is 13.3. The van der Waals surface area contributed by atoms with E-state index in [1.807, 2.05) is 74.9 Å². The quantitative estimate of drug-likeness (QED) is 0.168. The normalized spacial score (nSPS) is 13.7. The van der Waals surface area contributed by atoms with Crippen LogP contribution in [0.5, 0.6) is 5.88 Å². The Morgan fingerprint density at radius 3 is 2.26 bits per heavy atom. The summed E-state index contributed by atoms with van der Waals surface area (Å²) in [6.45, 7) is 0.679. The zero-order chi connectivity index (χ0) is 31.7. The van der Waals surface area contributed by atoms with Gasteiger partial charge in [0, 0.05) is 46.1 Å². The maximum absolute atomic E-state index is 13.3. The number of methoxy groups -OCH3 is 1. The molecule has 0 fully saturated rings. The largest absolute Gasteiger partial charge is 0.481 e. The van der Waals surface area contributed by atoms with Crippen LogP contribution in [0.3, 0.4) is 0 Å². The molecule has 2 unspecified atom stereocenters. The molecule has 1 N–H and O–H groups in total. The number of para-hydroxylation sites is 2. The molecule has 0 aliphatic carbocycles. The number of aliphatic hydroxyl groups is 1. The molecule has 2 atom stereocenters. The first kappa shape index (κ1) is 29.6. The van der Waals surface area contributed by atoms with Gasteiger partial charge in [-0.25, -0.2) is 9.97 Å². The number of benzene rings is 5. The van der Waals surface area contributed by atoms with Gasteiger partial charge in [-0.1, -0.05) is 109 Å². The van der Waals surface area contributed by atoms with Crippen LogP contribution < -0.4 is 4.74 Å². The van der Waals surface area contributed by atoms with E-state index in [1.165, 1.54) is 0 Å². The Bertz CT molecular complexity index is 2160. The van der Waals surface area contributed by atoms with Crippen LogP contribution >= 0.6 is 0 Å². The highest BCUT2D eigenvalue weighted by Crippen LogP contribution is 2.49. The summed E-state index contributed by atoms with van der Waals surface area (Å²) in [6, 6.07) is 43.5. The highest BCUT2D eigenvalue weighted by molar-refractivity contribution is 6.00. The molecule has 5 heteroatoms. The fourth-order valence-corrected chi connectivity index (χ4v) is 6.82. The summed E-state index contributed by atoms with van der Waals surface area (Å²) in [4.78, 5) is 12.1. The molecule has 5 aromatic carbocycles. The van der Waals surface area contributed by atoms with E-state index in [1.54, 1.807) is 7.11 Å². The topological polar surface area (TPSA) is 58.5 Å². The standard InChI is InChI=1S/C41H37N3O2/c1-44(2)24-23-41(45,36-21-12-17-28-13-7-9-19-33(28)36)38(29-14-5-4-6-15-29)35-26-32(27-42-40(35)46-3)34-20-11-18-31-25-30-16-8-10-22-37(30)43-39(31)34/h4-22,25-27,38,45H,23-24H2,1-3H3.